The Morgan fingerprint density at radius 3 is 3.00 bits per heavy atom. The molecule has 1 aliphatic heterocycles. The smallest absolute Gasteiger partial charge is 0.224 e. The summed E-state index contributed by atoms with van der Waals surface area (Å²) < 4.78 is 0. The molecular formula is C19H22ClN3O. The summed E-state index contributed by atoms with van der Waals surface area (Å²) in [6.07, 6.45) is 3.73. The van der Waals surface area contributed by atoms with Gasteiger partial charge < -0.3 is 5.32 Å². The van der Waals surface area contributed by atoms with Crippen molar-refractivity contribution in [1.29, 1.82) is 0 Å². The quantitative estimate of drug-likeness (QED) is 0.906. The third-order valence-electron chi connectivity index (χ3n) is 4.34. The monoisotopic (exact) mass is 343 g/mol. The fourth-order valence-electron chi connectivity index (χ4n) is 3.13. The van der Waals surface area contributed by atoms with Gasteiger partial charge in [0.1, 0.15) is 0 Å². The lowest BCUT2D eigenvalue weighted by atomic mass is 9.96. The number of halogens is 1. The van der Waals surface area contributed by atoms with Crippen molar-refractivity contribution in [3.8, 4) is 0 Å². The number of hydrogen-bond donors (Lipinski definition) is 1. The number of piperidine rings is 1. The maximum absolute atomic E-state index is 12.4. The minimum atomic E-state index is 0.0432. The van der Waals surface area contributed by atoms with Gasteiger partial charge in [0, 0.05) is 24.3 Å². The lowest BCUT2D eigenvalue weighted by Gasteiger charge is -2.32. The summed E-state index contributed by atoms with van der Waals surface area (Å²) in [6.45, 7) is 3.14. The van der Waals surface area contributed by atoms with Crippen LogP contribution in [-0.4, -0.2) is 28.9 Å². The molecule has 0 saturated carbocycles. The van der Waals surface area contributed by atoms with E-state index in [1.54, 1.807) is 6.20 Å². The molecule has 1 saturated heterocycles. The molecule has 1 aromatic heterocycles. The number of aromatic nitrogens is 1. The molecule has 4 nitrogen and oxygen atoms in total. The number of nitrogens with one attached hydrogen (secondary N) is 1. The summed E-state index contributed by atoms with van der Waals surface area (Å²) in [5.41, 5.74) is 2.08. The van der Waals surface area contributed by atoms with Crippen molar-refractivity contribution in [3.05, 3.63) is 64.9 Å². The molecule has 0 radical (unpaired) electrons. The molecule has 1 aliphatic rings. The van der Waals surface area contributed by atoms with E-state index in [-0.39, 0.29) is 11.8 Å². The Kier molecular flexibility index (Phi) is 5.83. The highest BCUT2D eigenvalue weighted by atomic mass is 35.5. The molecule has 24 heavy (non-hydrogen) atoms. The van der Waals surface area contributed by atoms with Gasteiger partial charge in [-0.25, -0.2) is 0 Å². The Labute approximate surface area is 147 Å². The zero-order valence-electron chi connectivity index (χ0n) is 13.6. The van der Waals surface area contributed by atoms with Gasteiger partial charge in [-0.15, -0.1) is 0 Å². The van der Waals surface area contributed by atoms with Gasteiger partial charge in [0.2, 0.25) is 5.91 Å². The molecule has 1 atom stereocenters. The molecule has 3 rings (SSSR count). The molecule has 1 unspecified atom stereocenters. The van der Waals surface area contributed by atoms with Crippen LogP contribution in [0.3, 0.4) is 0 Å². The van der Waals surface area contributed by atoms with E-state index in [1.807, 2.05) is 36.4 Å². The molecule has 1 fully saturated rings. The summed E-state index contributed by atoms with van der Waals surface area (Å²) in [5.74, 6) is 0.165. The van der Waals surface area contributed by atoms with Crippen molar-refractivity contribution in [3.63, 3.8) is 0 Å². The van der Waals surface area contributed by atoms with Crippen LogP contribution in [-0.2, 0) is 17.9 Å². The molecule has 1 aromatic carbocycles. The van der Waals surface area contributed by atoms with Crippen molar-refractivity contribution in [2.45, 2.75) is 25.9 Å². The number of carbonyl (C=O) groups excluding carboxylic acids is 1. The van der Waals surface area contributed by atoms with Gasteiger partial charge in [-0.05, 0) is 49.2 Å². The van der Waals surface area contributed by atoms with Crippen LogP contribution in [0.15, 0.2) is 48.7 Å². The van der Waals surface area contributed by atoms with Gasteiger partial charge in [0.05, 0.1) is 18.2 Å². The summed E-state index contributed by atoms with van der Waals surface area (Å²) >= 11 is 6.05. The summed E-state index contributed by atoms with van der Waals surface area (Å²) in [6, 6.07) is 13.7. The average molecular weight is 344 g/mol. The third-order valence-corrected chi connectivity index (χ3v) is 4.58. The van der Waals surface area contributed by atoms with E-state index in [4.69, 9.17) is 11.6 Å². The van der Waals surface area contributed by atoms with Gasteiger partial charge in [0.25, 0.3) is 0 Å². The first-order valence-electron chi connectivity index (χ1n) is 8.35. The number of pyridine rings is 1. The second-order valence-electron chi connectivity index (χ2n) is 6.24. The Bertz CT molecular complexity index is 677. The summed E-state index contributed by atoms with van der Waals surface area (Å²) in [7, 11) is 0. The van der Waals surface area contributed by atoms with E-state index in [1.165, 1.54) is 5.56 Å². The van der Waals surface area contributed by atoms with Crippen LogP contribution < -0.4 is 5.32 Å². The van der Waals surface area contributed by atoms with Crippen molar-refractivity contribution in [1.82, 2.24) is 15.2 Å². The lowest BCUT2D eigenvalue weighted by molar-refractivity contribution is -0.127. The van der Waals surface area contributed by atoms with Crippen LogP contribution in [0.4, 0.5) is 0 Å². The number of amides is 1. The van der Waals surface area contributed by atoms with Crippen molar-refractivity contribution < 1.29 is 4.79 Å². The maximum Gasteiger partial charge on any atom is 0.224 e. The van der Waals surface area contributed by atoms with Crippen LogP contribution in [0.25, 0.3) is 0 Å². The van der Waals surface area contributed by atoms with E-state index >= 15 is 0 Å². The van der Waals surface area contributed by atoms with Crippen LogP contribution in [0, 0.1) is 5.92 Å². The molecule has 5 heteroatoms. The SMILES string of the molecule is O=C(NCc1ccccn1)C1CCCN(Cc2cccc(Cl)c2)C1. The fourth-order valence-corrected chi connectivity index (χ4v) is 3.34. The molecule has 1 amide bonds. The van der Waals surface area contributed by atoms with Crippen LogP contribution >= 0.6 is 11.6 Å². The maximum atomic E-state index is 12.4. The zero-order chi connectivity index (χ0) is 16.8. The van der Waals surface area contributed by atoms with Crippen molar-refractivity contribution >= 4 is 17.5 Å². The molecule has 0 aliphatic carbocycles. The van der Waals surface area contributed by atoms with Gasteiger partial charge in [-0.2, -0.15) is 0 Å². The Morgan fingerprint density at radius 1 is 1.29 bits per heavy atom. The van der Waals surface area contributed by atoms with Crippen LogP contribution in [0.5, 0.6) is 0 Å². The number of carbonyl (C=O) groups is 1. The van der Waals surface area contributed by atoms with Crippen LogP contribution in [0.1, 0.15) is 24.1 Å². The van der Waals surface area contributed by atoms with E-state index in [9.17, 15) is 4.79 Å². The zero-order valence-corrected chi connectivity index (χ0v) is 14.4. The average Bonchev–Trinajstić information content (AvgIpc) is 2.61. The van der Waals surface area contributed by atoms with E-state index in [0.717, 1.165) is 43.2 Å². The first-order chi connectivity index (χ1) is 11.7. The second-order valence-corrected chi connectivity index (χ2v) is 6.68. The first kappa shape index (κ1) is 16.9. The van der Waals surface area contributed by atoms with Gasteiger partial charge in [-0.1, -0.05) is 29.8 Å². The van der Waals surface area contributed by atoms with Gasteiger partial charge in [0.15, 0.2) is 0 Å². The first-order valence-corrected chi connectivity index (χ1v) is 8.73. The van der Waals surface area contributed by atoms with Gasteiger partial charge in [-0.3, -0.25) is 14.7 Å². The molecular weight excluding hydrogens is 322 g/mol. The normalized spacial score (nSPS) is 18.3. The molecule has 1 N–H and O–H groups in total. The highest BCUT2D eigenvalue weighted by Crippen LogP contribution is 2.20. The number of rotatable bonds is 5. The molecule has 0 spiro atoms. The summed E-state index contributed by atoms with van der Waals surface area (Å²) in [5, 5.41) is 3.77. The summed E-state index contributed by atoms with van der Waals surface area (Å²) in [4.78, 5) is 19.0. The highest BCUT2D eigenvalue weighted by molar-refractivity contribution is 6.30. The topological polar surface area (TPSA) is 45.2 Å². The predicted molar refractivity (Wildman–Crippen MR) is 95.5 cm³/mol. The predicted octanol–water partition coefficient (Wildman–Crippen LogP) is 3.26. The fraction of sp³-hybridized carbons (Fsp3) is 0.368. The van der Waals surface area contributed by atoms with Crippen molar-refractivity contribution in [2.75, 3.05) is 13.1 Å². The van der Waals surface area contributed by atoms with E-state index in [2.05, 4.69) is 21.3 Å². The van der Waals surface area contributed by atoms with Gasteiger partial charge >= 0.3 is 0 Å². The lowest BCUT2D eigenvalue weighted by Crippen LogP contribution is -2.42. The van der Waals surface area contributed by atoms with Crippen molar-refractivity contribution in [2.24, 2.45) is 5.92 Å². The number of hydrogen-bond acceptors (Lipinski definition) is 3. The third kappa shape index (κ3) is 4.79. The van der Waals surface area contributed by atoms with Crippen LogP contribution in [0.2, 0.25) is 5.02 Å². The van der Waals surface area contributed by atoms with E-state index in [0.29, 0.717) is 6.54 Å². The largest absolute Gasteiger partial charge is 0.350 e. The second kappa shape index (κ2) is 8.27. The Hall–Kier alpha value is -1.91. The Morgan fingerprint density at radius 2 is 2.21 bits per heavy atom. The number of likely N-dealkylation sites (tertiary alicyclic amines) is 1. The molecule has 0 bridgehead atoms. The Balaban J connectivity index is 1.52. The highest BCUT2D eigenvalue weighted by Gasteiger charge is 2.25. The molecule has 126 valence electrons. The van der Waals surface area contributed by atoms with E-state index < -0.39 is 0 Å². The minimum absolute atomic E-state index is 0.0432. The standard InChI is InChI=1S/C19H22ClN3O/c20-17-7-3-5-15(11-17)13-23-10-4-6-16(14-23)19(24)22-12-18-8-1-2-9-21-18/h1-3,5,7-9,11,16H,4,6,10,12-14H2,(H,22,24). The molecule has 2 aromatic rings. The number of benzene rings is 1. The molecule has 2 heterocycles. The number of nitrogens with zero attached hydrogens (tertiary/aromatic N) is 2. The minimum Gasteiger partial charge on any atom is -0.350 e.